The number of nitrogen functional groups attached to an aromatic ring is 1. The van der Waals surface area contributed by atoms with Gasteiger partial charge in [-0.25, -0.2) is 23.2 Å². The number of likely N-dealkylation sites (tertiary alicyclic amines) is 1. The zero-order valence-electron chi connectivity index (χ0n) is 23.2. The quantitative estimate of drug-likeness (QED) is 0.330. The monoisotopic (exact) mass is 602 g/mol. The molecular formula is C27H34N6O6S2. The molecule has 3 aromatic rings. The van der Waals surface area contributed by atoms with Gasteiger partial charge in [-0.3, -0.25) is 4.79 Å². The van der Waals surface area contributed by atoms with E-state index in [1.54, 1.807) is 31.3 Å². The normalized spacial score (nSPS) is 18.7. The number of ether oxygens (including phenoxy) is 2. The van der Waals surface area contributed by atoms with Crippen molar-refractivity contribution in [3.05, 3.63) is 36.2 Å². The number of fused-ring (bicyclic) bond motifs is 1. The first-order chi connectivity index (χ1) is 19.6. The Balaban J connectivity index is 1.41. The van der Waals surface area contributed by atoms with Gasteiger partial charge in [0.15, 0.2) is 9.34 Å². The Morgan fingerprint density at radius 3 is 2.68 bits per heavy atom. The van der Waals surface area contributed by atoms with E-state index in [-0.39, 0.29) is 29.7 Å². The number of carbonyl (C=O) groups is 2. The van der Waals surface area contributed by atoms with Crippen LogP contribution in [0.2, 0.25) is 0 Å². The molecule has 0 radical (unpaired) electrons. The number of sulfonamides is 1. The lowest BCUT2D eigenvalue weighted by Gasteiger charge is -2.28. The lowest BCUT2D eigenvalue weighted by atomic mass is 10.00. The minimum Gasteiger partial charge on any atom is -0.496 e. The van der Waals surface area contributed by atoms with Crippen molar-refractivity contribution in [3.63, 3.8) is 0 Å². The van der Waals surface area contributed by atoms with Crippen LogP contribution in [-0.2, 0) is 30.8 Å². The van der Waals surface area contributed by atoms with Crippen molar-refractivity contribution in [2.45, 2.75) is 60.9 Å². The first kappa shape index (κ1) is 29.0. The molecule has 0 spiro atoms. The van der Waals surface area contributed by atoms with Crippen molar-refractivity contribution in [3.8, 4) is 5.75 Å². The first-order valence-electron chi connectivity index (χ1n) is 13.4. The van der Waals surface area contributed by atoms with Gasteiger partial charge >= 0.3 is 5.97 Å². The number of nitrogens with zero attached hydrogens (tertiary/aromatic N) is 4. The molecule has 41 heavy (non-hydrogen) atoms. The van der Waals surface area contributed by atoms with Gasteiger partial charge in [-0.05, 0) is 61.3 Å². The summed E-state index contributed by atoms with van der Waals surface area (Å²) in [6, 6.07) is 3.47. The number of carbonyl (C=O) groups excluding carboxylic acids is 2. The average molecular weight is 603 g/mol. The van der Waals surface area contributed by atoms with E-state index in [4.69, 9.17) is 15.2 Å². The molecule has 2 unspecified atom stereocenters. The number of amides is 1. The Bertz CT molecular complexity index is 1550. The lowest BCUT2D eigenvalue weighted by Crippen LogP contribution is -2.49. The van der Waals surface area contributed by atoms with Crippen LogP contribution in [0.3, 0.4) is 0 Å². The zero-order valence-corrected chi connectivity index (χ0v) is 24.8. The van der Waals surface area contributed by atoms with Gasteiger partial charge in [0.2, 0.25) is 5.91 Å². The zero-order chi connectivity index (χ0) is 29.3. The summed E-state index contributed by atoms with van der Waals surface area (Å²) in [5.74, 6) is -0.134. The van der Waals surface area contributed by atoms with E-state index in [2.05, 4.69) is 14.7 Å². The molecule has 2 aliphatic rings. The number of pyridine rings is 1. The number of benzene rings is 1. The van der Waals surface area contributed by atoms with E-state index < -0.39 is 34.0 Å². The van der Waals surface area contributed by atoms with Gasteiger partial charge in [0.1, 0.15) is 29.8 Å². The number of rotatable bonds is 10. The molecule has 3 N–H and O–H groups in total. The summed E-state index contributed by atoms with van der Waals surface area (Å²) in [4.78, 5) is 38.6. The summed E-state index contributed by atoms with van der Waals surface area (Å²) in [5, 5.41) is 2.06. The summed E-state index contributed by atoms with van der Waals surface area (Å²) in [5.41, 5.74) is 6.75. The smallest absolute Gasteiger partial charge is 0.329 e. The summed E-state index contributed by atoms with van der Waals surface area (Å²) >= 11 is 1.01. The fourth-order valence-electron chi connectivity index (χ4n) is 5.35. The molecule has 1 saturated heterocycles. The van der Waals surface area contributed by atoms with Crippen LogP contribution in [0.15, 0.2) is 34.8 Å². The Hall–Kier alpha value is -3.49. The molecule has 0 bridgehead atoms. The number of anilines is 2. The maximum absolute atomic E-state index is 13.6. The molecule has 14 heteroatoms. The fraction of sp³-hybridized carbons (Fsp3) is 0.481. The lowest BCUT2D eigenvalue weighted by molar-refractivity contribution is -0.158. The molecule has 1 aliphatic carbocycles. The van der Waals surface area contributed by atoms with E-state index in [1.165, 1.54) is 18.2 Å². The van der Waals surface area contributed by atoms with Crippen LogP contribution in [0.25, 0.3) is 10.8 Å². The van der Waals surface area contributed by atoms with Crippen molar-refractivity contribution in [1.29, 1.82) is 0 Å². The van der Waals surface area contributed by atoms with Crippen molar-refractivity contribution in [1.82, 2.24) is 19.6 Å². The molecule has 1 aromatic carbocycles. The van der Waals surface area contributed by atoms with Crippen LogP contribution in [0, 0.1) is 0 Å². The molecule has 5 rings (SSSR count). The third-order valence-electron chi connectivity index (χ3n) is 7.50. The summed E-state index contributed by atoms with van der Waals surface area (Å²) in [6.07, 6.45) is 6.54. The van der Waals surface area contributed by atoms with Gasteiger partial charge in [-0.2, -0.15) is 4.72 Å². The summed E-state index contributed by atoms with van der Waals surface area (Å²) in [6.45, 7) is 0.189. The standard InChI is InChI=1S/C27H34N6O6S2/c1-32(2)27-30-15-23(40-27)41(36,37)31-20-9-11-33(25(20)34)21(26(35)39-18-6-4-5-7-18)13-17-12-16-8-10-29-24(28)19(16)14-22(17)38-3/h8,10,12,14-15,18,20-21,31H,4-7,9,11,13H2,1-3H3,(H2,28,29). The average Bonchev–Trinajstić information content (AvgIpc) is 3.70. The van der Waals surface area contributed by atoms with Crippen LogP contribution < -0.4 is 20.1 Å². The van der Waals surface area contributed by atoms with Gasteiger partial charge in [-0.15, -0.1) is 0 Å². The highest BCUT2D eigenvalue weighted by molar-refractivity contribution is 7.91. The maximum atomic E-state index is 13.6. The van der Waals surface area contributed by atoms with E-state index in [1.807, 2.05) is 12.1 Å². The van der Waals surface area contributed by atoms with Crippen LogP contribution in [0.1, 0.15) is 37.7 Å². The molecule has 1 amide bonds. The molecule has 12 nitrogen and oxygen atoms in total. The van der Waals surface area contributed by atoms with Crippen molar-refractivity contribution in [2.24, 2.45) is 0 Å². The van der Waals surface area contributed by atoms with Crippen LogP contribution in [0.4, 0.5) is 10.9 Å². The molecule has 2 fully saturated rings. The number of aromatic nitrogens is 2. The highest BCUT2D eigenvalue weighted by Crippen LogP contribution is 2.32. The number of methoxy groups -OCH3 is 1. The van der Waals surface area contributed by atoms with E-state index >= 15 is 0 Å². The van der Waals surface area contributed by atoms with E-state index in [9.17, 15) is 18.0 Å². The van der Waals surface area contributed by atoms with E-state index in [0.29, 0.717) is 27.6 Å². The van der Waals surface area contributed by atoms with Gasteiger partial charge in [0.05, 0.1) is 13.3 Å². The van der Waals surface area contributed by atoms with Crippen molar-refractivity contribution in [2.75, 3.05) is 38.4 Å². The number of esters is 1. The molecule has 220 valence electrons. The summed E-state index contributed by atoms with van der Waals surface area (Å²) in [7, 11) is 1.06. The Labute approximate surface area is 242 Å². The topological polar surface area (TPSA) is 157 Å². The third kappa shape index (κ3) is 6.09. The Morgan fingerprint density at radius 1 is 1.24 bits per heavy atom. The van der Waals surface area contributed by atoms with Crippen molar-refractivity contribution < 1.29 is 27.5 Å². The minimum absolute atomic E-state index is 0.0132. The van der Waals surface area contributed by atoms with Crippen LogP contribution in [-0.4, -0.2) is 81.1 Å². The maximum Gasteiger partial charge on any atom is 0.329 e. The number of nitrogens with one attached hydrogen (secondary N) is 1. The highest BCUT2D eigenvalue weighted by atomic mass is 32.2. The Morgan fingerprint density at radius 2 is 2.00 bits per heavy atom. The Kier molecular flexibility index (Phi) is 8.34. The van der Waals surface area contributed by atoms with E-state index in [0.717, 1.165) is 42.4 Å². The van der Waals surface area contributed by atoms with Crippen LogP contribution >= 0.6 is 11.3 Å². The fourth-order valence-corrected chi connectivity index (χ4v) is 7.63. The second-order valence-electron chi connectivity index (χ2n) is 10.5. The number of hydrogen-bond donors (Lipinski definition) is 2. The number of hydrogen-bond acceptors (Lipinski definition) is 11. The second-order valence-corrected chi connectivity index (χ2v) is 13.4. The predicted molar refractivity (Wildman–Crippen MR) is 155 cm³/mol. The molecule has 2 atom stereocenters. The molecule has 2 aromatic heterocycles. The van der Waals surface area contributed by atoms with Gasteiger partial charge in [0.25, 0.3) is 10.0 Å². The molecular weight excluding hydrogens is 568 g/mol. The highest BCUT2D eigenvalue weighted by Gasteiger charge is 2.42. The molecule has 1 saturated carbocycles. The van der Waals surface area contributed by atoms with Crippen LogP contribution in [0.5, 0.6) is 5.75 Å². The molecule has 1 aliphatic heterocycles. The van der Waals surface area contributed by atoms with Gasteiger partial charge in [0, 0.05) is 38.6 Å². The SMILES string of the molecule is COc1cc2c(N)nccc2cc1CC(C(=O)OC1CCCC1)N1CCC(NS(=O)(=O)c2cnc(N(C)C)s2)C1=O. The second kappa shape index (κ2) is 11.8. The predicted octanol–water partition coefficient (Wildman–Crippen LogP) is 2.32. The molecule has 3 heterocycles. The number of nitrogens with two attached hydrogens (primary N) is 1. The van der Waals surface area contributed by atoms with Gasteiger partial charge in [-0.1, -0.05) is 11.3 Å². The minimum atomic E-state index is -4.00. The largest absolute Gasteiger partial charge is 0.496 e. The third-order valence-corrected chi connectivity index (χ3v) is 10.6. The van der Waals surface area contributed by atoms with Crippen molar-refractivity contribution >= 4 is 55.0 Å². The van der Waals surface area contributed by atoms with Gasteiger partial charge < -0.3 is 25.0 Å². The first-order valence-corrected chi connectivity index (χ1v) is 15.7. The number of thiazole rings is 1. The summed E-state index contributed by atoms with van der Waals surface area (Å²) < 4.78 is 40.2.